The molecule has 0 saturated carbocycles. The van der Waals surface area contributed by atoms with Crippen molar-refractivity contribution in [1.29, 1.82) is 0 Å². The van der Waals surface area contributed by atoms with Gasteiger partial charge in [-0.2, -0.15) is 0 Å². The van der Waals surface area contributed by atoms with Crippen LogP contribution in [-0.2, 0) is 15.5 Å². The minimum absolute atomic E-state index is 0.102. The number of ether oxygens (including phenoxy) is 1. The molecule has 0 saturated heterocycles. The second kappa shape index (κ2) is 8.11. The van der Waals surface area contributed by atoms with Gasteiger partial charge < -0.3 is 4.74 Å². The van der Waals surface area contributed by atoms with Crippen LogP contribution in [-0.4, -0.2) is 35.2 Å². The lowest BCUT2D eigenvalue weighted by molar-refractivity contribution is 0.0989. The van der Waals surface area contributed by atoms with E-state index >= 15 is 0 Å². The van der Waals surface area contributed by atoms with Gasteiger partial charge in [-0.3, -0.25) is 9.00 Å². The molecule has 1 unspecified atom stereocenters. The van der Waals surface area contributed by atoms with E-state index in [9.17, 15) is 13.4 Å². The van der Waals surface area contributed by atoms with Gasteiger partial charge in [0.2, 0.25) is 0 Å². The van der Waals surface area contributed by atoms with Gasteiger partial charge in [0, 0.05) is 48.0 Å². The van der Waals surface area contributed by atoms with Crippen LogP contribution in [0.1, 0.15) is 23.2 Å². The van der Waals surface area contributed by atoms with Crippen molar-refractivity contribution in [3.8, 4) is 0 Å². The van der Waals surface area contributed by atoms with Crippen molar-refractivity contribution in [2.24, 2.45) is 0 Å². The van der Waals surface area contributed by atoms with Gasteiger partial charge in [-0.25, -0.2) is 4.39 Å². The number of carbonyl (C=O) groups excluding carboxylic acids is 1. The lowest BCUT2D eigenvalue weighted by atomic mass is 10.1. The number of ketones is 1. The highest BCUT2D eigenvalue weighted by molar-refractivity contribution is 7.84. The molecule has 0 spiro atoms. The quantitative estimate of drug-likeness (QED) is 0.538. The summed E-state index contributed by atoms with van der Waals surface area (Å²) >= 11 is 0. The second-order valence-electron chi connectivity index (χ2n) is 3.87. The Morgan fingerprint density at radius 3 is 2.56 bits per heavy atom. The Labute approximate surface area is 109 Å². The van der Waals surface area contributed by atoms with Gasteiger partial charge in [0.1, 0.15) is 5.82 Å². The van der Waals surface area contributed by atoms with Gasteiger partial charge in [0.25, 0.3) is 0 Å². The molecule has 1 rings (SSSR count). The highest BCUT2D eigenvalue weighted by atomic mass is 32.2. The molecule has 5 heteroatoms. The highest BCUT2D eigenvalue weighted by Crippen LogP contribution is 2.06. The molecule has 3 nitrogen and oxygen atoms in total. The molecule has 0 heterocycles. The third kappa shape index (κ3) is 5.51. The topological polar surface area (TPSA) is 43.4 Å². The fourth-order valence-corrected chi connectivity index (χ4v) is 2.51. The van der Waals surface area contributed by atoms with Crippen LogP contribution in [0.25, 0.3) is 0 Å². The molecular weight excluding hydrogens is 255 g/mol. The number of rotatable bonds is 8. The summed E-state index contributed by atoms with van der Waals surface area (Å²) in [6.45, 7) is 0.581. The molecule has 100 valence electrons. The zero-order valence-corrected chi connectivity index (χ0v) is 11.2. The molecular formula is C13H17FO3S. The summed E-state index contributed by atoms with van der Waals surface area (Å²) < 4.78 is 29.1. The van der Waals surface area contributed by atoms with Crippen LogP contribution in [0.4, 0.5) is 4.39 Å². The fourth-order valence-electron chi connectivity index (χ4n) is 1.45. The zero-order valence-electron chi connectivity index (χ0n) is 10.4. The molecule has 1 aromatic rings. The number of Topliss-reactive ketones (excluding diaryl/α,β-unsaturated/α-hetero) is 1. The Kier molecular flexibility index (Phi) is 6.75. The van der Waals surface area contributed by atoms with Gasteiger partial charge in [0.05, 0.1) is 0 Å². The van der Waals surface area contributed by atoms with Crippen LogP contribution >= 0.6 is 0 Å². The Morgan fingerprint density at radius 1 is 1.28 bits per heavy atom. The predicted octanol–water partition coefficient (Wildman–Crippen LogP) is 2.18. The molecule has 0 aromatic heterocycles. The molecule has 0 amide bonds. The van der Waals surface area contributed by atoms with Crippen molar-refractivity contribution in [3.05, 3.63) is 35.6 Å². The molecule has 0 aliphatic rings. The van der Waals surface area contributed by atoms with Gasteiger partial charge in [-0.15, -0.1) is 0 Å². The number of hydrogen-bond acceptors (Lipinski definition) is 3. The average Bonchev–Trinajstić information content (AvgIpc) is 2.37. The first kappa shape index (κ1) is 15.0. The molecule has 0 aliphatic heterocycles. The minimum Gasteiger partial charge on any atom is -0.385 e. The maximum absolute atomic E-state index is 12.7. The van der Waals surface area contributed by atoms with Crippen LogP contribution in [0.2, 0.25) is 0 Å². The molecule has 18 heavy (non-hydrogen) atoms. The molecule has 0 radical (unpaired) electrons. The van der Waals surface area contributed by atoms with Crippen molar-refractivity contribution >= 4 is 16.6 Å². The van der Waals surface area contributed by atoms with Gasteiger partial charge in [0.15, 0.2) is 5.78 Å². The van der Waals surface area contributed by atoms with E-state index in [1.165, 1.54) is 24.3 Å². The largest absolute Gasteiger partial charge is 0.385 e. The maximum Gasteiger partial charge on any atom is 0.163 e. The number of hydrogen-bond donors (Lipinski definition) is 0. The van der Waals surface area contributed by atoms with Crippen molar-refractivity contribution in [2.75, 3.05) is 25.2 Å². The Morgan fingerprint density at radius 2 is 1.94 bits per heavy atom. The third-order valence-electron chi connectivity index (χ3n) is 2.44. The molecule has 0 aliphatic carbocycles. The molecule has 0 bridgehead atoms. The molecule has 1 aromatic carbocycles. The van der Waals surface area contributed by atoms with Crippen molar-refractivity contribution in [3.63, 3.8) is 0 Å². The van der Waals surface area contributed by atoms with Crippen LogP contribution < -0.4 is 0 Å². The van der Waals surface area contributed by atoms with E-state index in [1.807, 2.05) is 0 Å². The standard InChI is InChI=1S/C13H17FO3S/c1-17-8-2-9-18(16)10-7-13(15)11-3-5-12(14)6-4-11/h3-6H,2,7-10H2,1H3. The van der Waals surface area contributed by atoms with Gasteiger partial charge in [-0.1, -0.05) is 0 Å². The van der Waals surface area contributed by atoms with Crippen molar-refractivity contribution < 1.29 is 18.1 Å². The van der Waals surface area contributed by atoms with E-state index < -0.39 is 10.8 Å². The smallest absolute Gasteiger partial charge is 0.163 e. The highest BCUT2D eigenvalue weighted by Gasteiger charge is 2.08. The third-order valence-corrected chi connectivity index (χ3v) is 3.85. The summed E-state index contributed by atoms with van der Waals surface area (Å²) in [6, 6.07) is 5.41. The van der Waals surface area contributed by atoms with E-state index in [0.29, 0.717) is 23.7 Å². The van der Waals surface area contributed by atoms with Gasteiger partial charge >= 0.3 is 0 Å². The first-order valence-corrected chi connectivity index (χ1v) is 7.25. The number of methoxy groups -OCH3 is 1. The van der Waals surface area contributed by atoms with Crippen LogP contribution in [0.15, 0.2) is 24.3 Å². The number of halogens is 1. The lowest BCUT2D eigenvalue weighted by Crippen LogP contribution is -2.10. The Bertz CT molecular complexity index is 403. The van der Waals surface area contributed by atoms with E-state index in [0.717, 1.165) is 6.42 Å². The summed E-state index contributed by atoms with van der Waals surface area (Å²) in [6.07, 6.45) is 0.957. The van der Waals surface area contributed by atoms with E-state index in [-0.39, 0.29) is 18.0 Å². The van der Waals surface area contributed by atoms with Crippen molar-refractivity contribution in [1.82, 2.24) is 0 Å². The van der Waals surface area contributed by atoms with Gasteiger partial charge in [-0.05, 0) is 30.7 Å². The first-order valence-electron chi connectivity index (χ1n) is 5.76. The monoisotopic (exact) mass is 272 g/mol. The summed E-state index contributed by atoms with van der Waals surface area (Å²) in [4.78, 5) is 11.7. The van der Waals surface area contributed by atoms with E-state index in [1.54, 1.807) is 7.11 Å². The van der Waals surface area contributed by atoms with E-state index in [4.69, 9.17) is 4.74 Å². The van der Waals surface area contributed by atoms with E-state index in [2.05, 4.69) is 0 Å². The molecule has 1 atom stereocenters. The fraction of sp³-hybridized carbons (Fsp3) is 0.462. The summed E-state index contributed by atoms with van der Waals surface area (Å²) in [5.74, 6) is 0.426. The van der Waals surface area contributed by atoms with Crippen LogP contribution in [0.5, 0.6) is 0 Å². The maximum atomic E-state index is 12.7. The average molecular weight is 272 g/mol. The summed E-state index contributed by atoms with van der Waals surface area (Å²) in [5, 5.41) is 0. The van der Waals surface area contributed by atoms with Crippen LogP contribution in [0.3, 0.4) is 0 Å². The number of carbonyl (C=O) groups is 1. The molecule has 0 fully saturated rings. The first-order chi connectivity index (χ1) is 8.63. The SMILES string of the molecule is COCCCS(=O)CCC(=O)c1ccc(F)cc1. The normalized spacial score (nSPS) is 12.3. The molecule has 0 N–H and O–H groups in total. The van der Waals surface area contributed by atoms with Crippen LogP contribution in [0, 0.1) is 5.82 Å². The van der Waals surface area contributed by atoms with Crippen molar-refractivity contribution in [2.45, 2.75) is 12.8 Å². The summed E-state index contributed by atoms with van der Waals surface area (Å²) in [7, 11) is 0.603. The Balaban J connectivity index is 2.32. The Hall–Kier alpha value is -1.07. The minimum atomic E-state index is -0.995. The second-order valence-corrected chi connectivity index (χ2v) is 5.57. The zero-order chi connectivity index (χ0) is 13.4. The summed E-state index contributed by atoms with van der Waals surface area (Å²) in [5.41, 5.74) is 0.463. The predicted molar refractivity (Wildman–Crippen MR) is 69.7 cm³/mol. The lowest BCUT2D eigenvalue weighted by Gasteiger charge is -2.02. The number of benzene rings is 1.